The lowest BCUT2D eigenvalue weighted by Gasteiger charge is -2.07. The number of para-hydroxylation sites is 2. The van der Waals surface area contributed by atoms with Gasteiger partial charge in [-0.25, -0.2) is 4.39 Å². The highest BCUT2D eigenvalue weighted by atomic mass is 35.5. The van der Waals surface area contributed by atoms with Crippen molar-refractivity contribution in [3.63, 3.8) is 0 Å². The Labute approximate surface area is 96.9 Å². The molecule has 0 atom stereocenters. The van der Waals surface area contributed by atoms with Crippen LogP contribution in [0, 0.1) is 5.82 Å². The molecule has 0 aliphatic heterocycles. The van der Waals surface area contributed by atoms with Crippen LogP contribution in [0.3, 0.4) is 0 Å². The summed E-state index contributed by atoms with van der Waals surface area (Å²) in [5, 5.41) is 9.74. The SMILES string of the molecule is Oc1ccccc1Oc1ccc(Cl)cc1F. The monoisotopic (exact) mass is 238 g/mol. The van der Waals surface area contributed by atoms with Crippen molar-refractivity contribution in [3.8, 4) is 17.2 Å². The summed E-state index contributed by atoms with van der Waals surface area (Å²) < 4.78 is 18.6. The van der Waals surface area contributed by atoms with E-state index in [4.69, 9.17) is 16.3 Å². The van der Waals surface area contributed by atoms with Gasteiger partial charge in [-0.05, 0) is 30.3 Å². The molecule has 1 N–H and O–H groups in total. The third-order valence-electron chi connectivity index (χ3n) is 1.98. The molecule has 0 heterocycles. The van der Waals surface area contributed by atoms with Crippen LogP contribution in [0.25, 0.3) is 0 Å². The van der Waals surface area contributed by atoms with Crippen molar-refractivity contribution in [3.05, 3.63) is 53.3 Å². The van der Waals surface area contributed by atoms with Crippen LogP contribution in [-0.2, 0) is 0 Å². The van der Waals surface area contributed by atoms with Gasteiger partial charge in [0.25, 0.3) is 0 Å². The number of ether oxygens (including phenoxy) is 1. The van der Waals surface area contributed by atoms with Crippen LogP contribution >= 0.6 is 11.6 Å². The largest absolute Gasteiger partial charge is 0.504 e. The zero-order valence-corrected chi connectivity index (χ0v) is 8.91. The van der Waals surface area contributed by atoms with Crippen molar-refractivity contribution in [2.24, 2.45) is 0 Å². The van der Waals surface area contributed by atoms with Crippen molar-refractivity contribution >= 4 is 11.6 Å². The standard InChI is InChI=1S/C12H8ClFO2/c13-8-5-6-11(9(14)7-8)16-12-4-2-1-3-10(12)15/h1-7,15H. The maximum atomic E-state index is 13.4. The minimum atomic E-state index is -0.573. The zero-order valence-electron chi connectivity index (χ0n) is 8.15. The molecular formula is C12H8ClFO2. The molecular weight excluding hydrogens is 231 g/mol. The van der Waals surface area contributed by atoms with Gasteiger partial charge >= 0.3 is 0 Å². The second kappa shape index (κ2) is 4.41. The summed E-state index contributed by atoms with van der Waals surface area (Å²) in [4.78, 5) is 0. The molecule has 0 saturated heterocycles. The highest BCUT2D eigenvalue weighted by Gasteiger charge is 2.07. The molecule has 0 bridgehead atoms. The lowest BCUT2D eigenvalue weighted by Crippen LogP contribution is -1.88. The van der Waals surface area contributed by atoms with Gasteiger partial charge in [0.1, 0.15) is 0 Å². The molecule has 2 nitrogen and oxygen atoms in total. The van der Waals surface area contributed by atoms with E-state index < -0.39 is 5.82 Å². The van der Waals surface area contributed by atoms with Crippen molar-refractivity contribution < 1.29 is 14.2 Å². The number of aromatic hydroxyl groups is 1. The fourth-order valence-corrected chi connectivity index (χ4v) is 1.38. The van der Waals surface area contributed by atoms with Crippen LogP contribution in [0.5, 0.6) is 17.2 Å². The fourth-order valence-electron chi connectivity index (χ4n) is 1.22. The zero-order chi connectivity index (χ0) is 11.5. The maximum Gasteiger partial charge on any atom is 0.169 e. The number of hydrogen-bond donors (Lipinski definition) is 1. The molecule has 16 heavy (non-hydrogen) atoms. The van der Waals surface area contributed by atoms with Gasteiger partial charge in [-0.15, -0.1) is 0 Å². The van der Waals surface area contributed by atoms with E-state index in [-0.39, 0.29) is 17.2 Å². The van der Waals surface area contributed by atoms with E-state index in [2.05, 4.69) is 0 Å². The quantitative estimate of drug-likeness (QED) is 0.858. The van der Waals surface area contributed by atoms with Gasteiger partial charge in [0.15, 0.2) is 23.1 Å². The summed E-state index contributed by atoms with van der Waals surface area (Å²) in [6.45, 7) is 0. The van der Waals surface area contributed by atoms with Crippen LogP contribution in [0.2, 0.25) is 5.02 Å². The van der Waals surface area contributed by atoms with Gasteiger partial charge in [-0.3, -0.25) is 0 Å². The molecule has 0 aliphatic rings. The molecule has 0 aliphatic carbocycles. The van der Waals surface area contributed by atoms with Gasteiger partial charge in [0, 0.05) is 5.02 Å². The summed E-state index contributed by atoms with van der Waals surface area (Å²) in [5.41, 5.74) is 0. The molecule has 0 aromatic heterocycles. The molecule has 4 heteroatoms. The molecule has 0 saturated carbocycles. The van der Waals surface area contributed by atoms with E-state index in [9.17, 15) is 9.50 Å². The summed E-state index contributed by atoms with van der Waals surface area (Å²) in [5.74, 6) is -0.401. The Balaban J connectivity index is 2.31. The Hall–Kier alpha value is -1.74. The lowest BCUT2D eigenvalue weighted by molar-refractivity contribution is 0.396. The summed E-state index contributed by atoms with van der Waals surface area (Å²) in [6, 6.07) is 10.4. The molecule has 0 fully saturated rings. The smallest absolute Gasteiger partial charge is 0.169 e. The number of hydrogen-bond acceptors (Lipinski definition) is 2. The highest BCUT2D eigenvalue weighted by molar-refractivity contribution is 6.30. The second-order valence-electron chi connectivity index (χ2n) is 3.14. The Morgan fingerprint density at radius 2 is 1.81 bits per heavy atom. The summed E-state index contributed by atoms with van der Waals surface area (Å²) >= 11 is 5.61. The number of phenols is 1. The molecule has 2 aromatic rings. The predicted octanol–water partition coefficient (Wildman–Crippen LogP) is 3.98. The molecule has 0 unspecified atom stereocenters. The molecule has 0 radical (unpaired) electrons. The van der Waals surface area contributed by atoms with E-state index in [1.54, 1.807) is 18.2 Å². The van der Waals surface area contributed by atoms with Crippen LogP contribution in [0.4, 0.5) is 4.39 Å². The predicted molar refractivity (Wildman–Crippen MR) is 59.6 cm³/mol. The van der Waals surface area contributed by atoms with Crippen LogP contribution < -0.4 is 4.74 Å². The average molecular weight is 239 g/mol. The first-order chi connectivity index (χ1) is 7.66. The fraction of sp³-hybridized carbons (Fsp3) is 0. The molecule has 0 amide bonds. The number of phenolic OH excluding ortho intramolecular Hbond substituents is 1. The first-order valence-corrected chi connectivity index (χ1v) is 4.95. The Morgan fingerprint density at radius 3 is 2.50 bits per heavy atom. The Bertz CT molecular complexity index is 514. The van der Waals surface area contributed by atoms with Gasteiger partial charge in [-0.2, -0.15) is 0 Å². The molecule has 0 spiro atoms. The van der Waals surface area contributed by atoms with E-state index >= 15 is 0 Å². The number of rotatable bonds is 2. The van der Waals surface area contributed by atoms with Gasteiger partial charge in [0.2, 0.25) is 0 Å². The van der Waals surface area contributed by atoms with Crippen molar-refractivity contribution in [2.45, 2.75) is 0 Å². The topological polar surface area (TPSA) is 29.5 Å². The van der Waals surface area contributed by atoms with E-state index in [0.717, 1.165) is 6.07 Å². The Morgan fingerprint density at radius 1 is 1.06 bits per heavy atom. The number of benzene rings is 2. The third kappa shape index (κ3) is 2.25. The van der Waals surface area contributed by atoms with Gasteiger partial charge in [-0.1, -0.05) is 23.7 Å². The lowest BCUT2D eigenvalue weighted by atomic mass is 10.3. The molecule has 82 valence electrons. The minimum absolute atomic E-state index is 0.0194. The summed E-state index contributed by atoms with van der Waals surface area (Å²) in [7, 11) is 0. The van der Waals surface area contributed by atoms with Gasteiger partial charge in [0.05, 0.1) is 0 Å². The van der Waals surface area contributed by atoms with Crippen LogP contribution in [0.1, 0.15) is 0 Å². The van der Waals surface area contributed by atoms with Crippen LogP contribution in [-0.4, -0.2) is 5.11 Å². The minimum Gasteiger partial charge on any atom is -0.504 e. The van der Waals surface area contributed by atoms with E-state index in [0.29, 0.717) is 5.02 Å². The van der Waals surface area contributed by atoms with E-state index in [1.165, 1.54) is 18.2 Å². The first-order valence-electron chi connectivity index (χ1n) is 4.58. The van der Waals surface area contributed by atoms with Crippen molar-refractivity contribution in [2.75, 3.05) is 0 Å². The Kier molecular flexibility index (Phi) is 2.97. The normalized spacial score (nSPS) is 10.1. The maximum absolute atomic E-state index is 13.4. The van der Waals surface area contributed by atoms with Gasteiger partial charge < -0.3 is 9.84 Å². The number of halogens is 2. The average Bonchev–Trinajstić information content (AvgIpc) is 2.25. The molecule has 2 aromatic carbocycles. The molecule has 2 rings (SSSR count). The van der Waals surface area contributed by atoms with Crippen LogP contribution in [0.15, 0.2) is 42.5 Å². The van der Waals surface area contributed by atoms with E-state index in [1.807, 2.05) is 0 Å². The highest BCUT2D eigenvalue weighted by Crippen LogP contribution is 2.32. The summed E-state index contributed by atoms with van der Waals surface area (Å²) in [6.07, 6.45) is 0. The third-order valence-corrected chi connectivity index (χ3v) is 2.21. The first kappa shape index (κ1) is 10.8. The second-order valence-corrected chi connectivity index (χ2v) is 3.58. The van der Waals surface area contributed by atoms with Crippen molar-refractivity contribution in [1.29, 1.82) is 0 Å². The van der Waals surface area contributed by atoms with Crippen molar-refractivity contribution in [1.82, 2.24) is 0 Å².